The van der Waals surface area contributed by atoms with E-state index in [2.05, 4.69) is 17.2 Å². The monoisotopic (exact) mass is 341 g/mol. The SMILES string of the molecule is O=C(C1CCCO1)N1CCc2c(c(CO)nn2Cc2ccccc2)C1. The number of ether oxygens (including phenoxy) is 1. The predicted molar refractivity (Wildman–Crippen MR) is 91.8 cm³/mol. The van der Waals surface area contributed by atoms with Crippen LogP contribution in [0.3, 0.4) is 0 Å². The summed E-state index contributed by atoms with van der Waals surface area (Å²) in [5.74, 6) is 0.0721. The second-order valence-electron chi connectivity index (χ2n) is 6.68. The van der Waals surface area contributed by atoms with E-state index in [1.165, 1.54) is 5.56 Å². The Balaban J connectivity index is 1.56. The summed E-state index contributed by atoms with van der Waals surface area (Å²) in [6.45, 7) is 2.44. The first-order valence-electron chi connectivity index (χ1n) is 8.89. The van der Waals surface area contributed by atoms with E-state index in [1.807, 2.05) is 27.8 Å². The van der Waals surface area contributed by atoms with Crippen LogP contribution in [0.1, 0.15) is 35.4 Å². The fraction of sp³-hybridized carbons (Fsp3) is 0.474. The molecule has 2 aliphatic rings. The molecule has 1 saturated heterocycles. The molecule has 2 aromatic rings. The molecule has 1 aromatic heterocycles. The van der Waals surface area contributed by atoms with Crippen molar-refractivity contribution in [2.24, 2.45) is 0 Å². The van der Waals surface area contributed by atoms with Crippen molar-refractivity contribution in [3.05, 3.63) is 52.8 Å². The average Bonchev–Trinajstić information content (AvgIpc) is 3.30. The Morgan fingerprint density at radius 1 is 1.32 bits per heavy atom. The lowest BCUT2D eigenvalue weighted by Gasteiger charge is -2.29. The first kappa shape index (κ1) is 16.3. The molecule has 2 aliphatic heterocycles. The van der Waals surface area contributed by atoms with Gasteiger partial charge in [-0.25, -0.2) is 0 Å². The van der Waals surface area contributed by atoms with Crippen LogP contribution in [0.15, 0.2) is 30.3 Å². The summed E-state index contributed by atoms with van der Waals surface area (Å²) >= 11 is 0. The smallest absolute Gasteiger partial charge is 0.252 e. The van der Waals surface area contributed by atoms with Crippen molar-refractivity contribution in [2.45, 2.75) is 45.1 Å². The van der Waals surface area contributed by atoms with E-state index in [9.17, 15) is 9.90 Å². The molecule has 1 fully saturated rings. The van der Waals surface area contributed by atoms with Crippen molar-refractivity contribution in [1.82, 2.24) is 14.7 Å². The van der Waals surface area contributed by atoms with Crippen molar-refractivity contribution in [1.29, 1.82) is 0 Å². The first-order chi connectivity index (χ1) is 12.3. The zero-order chi connectivity index (χ0) is 17.2. The van der Waals surface area contributed by atoms with Crippen LogP contribution in [-0.4, -0.2) is 44.9 Å². The average molecular weight is 341 g/mol. The minimum atomic E-state index is -0.293. The number of amides is 1. The molecular weight excluding hydrogens is 318 g/mol. The lowest BCUT2D eigenvalue weighted by atomic mass is 10.0. The molecule has 1 amide bonds. The molecule has 1 unspecified atom stereocenters. The minimum absolute atomic E-state index is 0.0721. The van der Waals surface area contributed by atoms with Crippen LogP contribution < -0.4 is 0 Å². The van der Waals surface area contributed by atoms with Gasteiger partial charge in [-0.3, -0.25) is 9.48 Å². The molecule has 3 heterocycles. The molecule has 1 aromatic carbocycles. The van der Waals surface area contributed by atoms with Gasteiger partial charge < -0.3 is 14.7 Å². The number of hydrogen-bond acceptors (Lipinski definition) is 4. The molecule has 0 aliphatic carbocycles. The lowest BCUT2D eigenvalue weighted by Crippen LogP contribution is -2.42. The predicted octanol–water partition coefficient (Wildman–Crippen LogP) is 1.49. The van der Waals surface area contributed by atoms with Crippen LogP contribution in [0.25, 0.3) is 0 Å². The van der Waals surface area contributed by atoms with Gasteiger partial charge in [0.1, 0.15) is 6.10 Å². The van der Waals surface area contributed by atoms with E-state index in [0.717, 1.165) is 30.5 Å². The third kappa shape index (κ3) is 3.19. The number of rotatable bonds is 4. The van der Waals surface area contributed by atoms with Gasteiger partial charge in [0.2, 0.25) is 0 Å². The van der Waals surface area contributed by atoms with E-state index in [-0.39, 0.29) is 18.6 Å². The number of aliphatic hydroxyl groups excluding tert-OH is 1. The van der Waals surface area contributed by atoms with E-state index in [0.29, 0.717) is 31.9 Å². The fourth-order valence-corrected chi connectivity index (χ4v) is 3.74. The largest absolute Gasteiger partial charge is 0.390 e. The summed E-state index contributed by atoms with van der Waals surface area (Å²) in [5.41, 5.74) is 3.98. The molecule has 6 nitrogen and oxygen atoms in total. The van der Waals surface area contributed by atoms with Crippen LogP contribution >= 0.6 is 0 Å². The zero-order valence-corrected chi connectivity index (χ0v) is 14.2. The number of nitrogens with zero attached hydrogens (tertiary/aromatic N) is 3. The maximum Gasteiger partial charge on any atom is 0.252 e. The van der Waals surface area contributed by atoms with Gasteiger partial charge in [0, 0.05) is 37.4 Å². The Kier molecular flexibility index (Phi) is 4.55. The Morgan fingerprint density at radius 2 is 2.16 bits per heavy atom. The number of benzene rings is 1. The summed E-state index contributed by atoms with van der Waals surface area (Å²) in [6.07, 6.45) is 2.22. The van der Waals surface area contributed by atoms with Crippen LogP contribution in [-0.2, 0) is 35.6 Å². The van der Waals surface area contributed by atoms with Gasteiger partial charge in [-0.15, -0.1) is 0 Å². The van der Waals surface area contributed by atoms with E-state index >= 15 is 0 Å². The molecule has 132 valence electrons. The Bertz CT molecular complexity index is 751. The molecule has 1 atom stereocenters. The normalized spacial score (nSPS) is 19.9. The molecule has 25 heavy (non-hydrogen) atoms. The van der Waals surface area contributed by atoms with Gasteiger partial charge in [0.05, 0.1) is 18.8 Å². The number of carbonyl (C=O) groups excluding carboxylic acids is 1. The Labute approximate surface area is 147 Å². The molecule has 1 N–H and O–H groups in total. The topological polar surface area (TPSA) is 67.6 Å². The quantitative estimate of drug-likeness (QED) is 0.915. The second-order valence-corrected chi connectivity index (χ2v) is 6.68. The highest BCUT2D eigenvalue weighted by atomic mass is 16.5. The standard InChI is InChI=1S/C19H23N3O3/c23-13-16-15-12-21(19(24)18-7-4-10-25-18)9-8-17(15)22(20-16)11-14-5-2-1-3-6-14/h1-3,5-6,18,23H,4,7-13H2. The molecule has 0 saturated carbocycles. The fourth-order valence-electron chi connectivity index (χ4n) is 3.74. The maximum absolute atomic E-state index is 12.6. The Hall–Kier alpha value is -2.18. The van der Waals surface area contributed by atoms with E-state index < -0.39 is 0 Å². The van der Waals surface area contributed by atoms with Gasteiger partial charge in [-0.05, 0) is 18.4 Å². The van der Waals surface area contributed by atoms with Crippen LogP contribution in [0.4, 0.5) is 0 Å². The molecule has 0 bridgehead atoms. The number of aliphatic hydroxyl groups is 1. The van der Waals surface area contributed by atoms with Gasteiger partial charge in [-0.1, -0.05) is 30.3 Å². The van der Waals surface area contributed by atoms with Gasteiger partial charge >= 0.3 is 0 Å². The van der Waals surface area contributed by atoms with Crippen molar-refractivity contribution in [2.75, 3.05) is 13.2 Å². The summed E-state index contributed by atoms with van der Waals surface area (Å²) in [5, 5.41) is 14.3. The Morgan fingerprint density at radius 3 is 2.88 bits per heavy atom. The first-order valence-corrected chi connectivity index (χ1v) is 8.89. The molecule has 4 rings (SSSR count). The summed E-state index contributed by atoms with van der Waals surface area (Å²) < 4.78 is 7.51. The number of fused-ring (bicyclic) bond motifs is 1. The van der Waals surface area contributed by atoms with E-state index in [1.54, 1.807) is 0 Å². The van der Waals surface area contributed by atoms with Crippen molar-refractivity contribution in [3.8, 4) is 0 Å². The van der Waals surface area contributed by atoms with Crippen molar-refractivity contribution >= 4 is 5.91 Å². The third-order valence-corrected chi connectivity index (χ3v) is 5.06. The number of carbonyl (C=O) groups is 1. The van der Waals surface area contributed by atoms with E-state index in [4.69, 9.17) is 4.74 Å². The summed E-state index contributed by atoms with van der Waals surface area (Å²) in [7, 11) is 0. The zero-order valence-electron chi connectivity index (χ0n) is 14.2. The third-order valence-electron chi connectivity index (χ3n) is 5.06. The van der Waals surface area contributed by atoms with Crippen molar-refractivity contribution in [3.63, 3.8) is 0 Å². The highest BCUT2D eigenvalue weighted by Crippen LogP contribution is 2.26. The second kappa shape index (κ2) is 6.98. The molecule has 0 radical (unpaired) electrons. The van der Waals surface area contributed by atoms with Crippen LogP contribution in [0.2, 0.25) is 0 Å². The number of hydrogen-bond donors (Lipinski definition) is 1. The highest BCUT2D eigenvalue weighted by Gasteiger charge is 2.32. The highest BCUT2D eigenvalue weighted by molar-refractivity contribution is 5.81. The van der Waals surface area contributed by atoms with Gasteiger partial charge in [-0.2, -0.15) is 5.10 Å². The maximum atomic E-state index is 12.6. The molecular formula is C19H23N3O3. The molecule has 6 heteroatoms. The van der Waals surface area contributed by atoms with Crippen LogP contribution in [0.5, 0.6) is 0 Å². The molecule has 0 spiro atoms. The number of aromatic nitrogens is 2. The lowest BCUT2D eigenvalue weighted by molar-refractivity contribution is -0.141. The summed E-state index contributed by atoms with van der Waals surface area (Å²) in [6, 6.07) is 10.2. The van der Waals surface area contributed by atoms with Crippen molar-refractivity contribution < 1.29 is 14.6 Å². The van der Waals surface area contributed by atoms with Gasteiger partial charge in [0.25, 0.3) is 5.91 Å². The van der Waals surface area contributed by atoms with Crippen LogP contribution in [0, 0.1) is 0 Å². The van der Waals surface area contributed by atoms with Gasteiger partial charge in [0.15, 0.2) is 0 Å². The minimum Gasteiger partial charge on any atom is -0.390 e. The summed E-state index contributed by atoms with van der Waals surface area (Å²) in [4.78, 5) is 14.5.